The topological polar surface area (TPSA) is 92.3 Å². The first-order valence-corrected chi connectivity index (χ1v) is 8.35. The van der Waals surface area contributed by atoms with E-state index in [1.807, 2.05) is 0 Å². The van der Waals surface area contributed by atoms with Crippen molar-refractivity contribution in [2.75, 3.05) is 6.54 Å². The molecule has 0 bridgehead atoms. The van der Waals surface area contributed by atoms with Gasteiger partial charge in [0.1, 0.15) is 12.0 Å². The summed E-state index contributed by atoms with van der Waals surface area (Å²) >= 11 is 11.9. The first-order chi connectivity index (χ1) is 12.4. The quantitative estimate of drug-likeness (QED) is 0.794. The Morgan fingerprint density at radius 3 is 2.69 bits per heavy atom. The van der Waals surface area contributed by atoms with Gasteiger partial charge in [0.2, 0.25) is 5.91 Å². The van der Waals surface area contributed by atoms with Crippen LogP contribution < -0.4 is 5.32 Å². The van der Waals surface area contributed by atoms with Crippen LogP contribution in [0.1, 0.15) is 10.5 Å². The largest absolute Gasteiger partial charge is 0.312 e. The number of nitrogens with one attached hydrogen (secondary N) is 1. The van der Waals surface area contributed by atoms with Crippen LogP contribution in [0.25, 0.3) is 11.3 Å². The molecule has 0 spiro atoms. The number of rotatable bonds is 2. The molecule has 1 atom stereocenters. The lowest BCUT2D eigenvalue weighted by Crippen LogP contribution is -2.32. The van der Waals surface area contributed by atoms with Crippen molar-refractivity contribution >= 4 is 40.9 Å². The number of carbonyl (C=O) groups excluding carboxylic acids is 3. The number of benzene rings is 1. The number of halogens is 2. The highest BCUT2D eigenvalue weighted by molar-refractivity contribution is 6.42. The normalized spacial score (nSPS) is 18.6. The lowest BCUT2D eigenvalue weighted by atomic mass is 10.1. The Labute approximate surface area is 157 Å². The molecule has 3 amide bonds. The maximum atomic E-state index is 12.7. The highest BCUT2D eigenvalue weighted by Crippen LogP contribution is 2.29. The predicted octanol–water partition coefficient (Wildman–Crippen LogP) is 2.06. The van der Waals surface area contributed by atoms with Gasteiger partial charge in [0.05, 0.1) is 21.7 Å². The van der Waals surface area contributed by atoms with E-state index in [9.17, 15) is 14.4 Å². The van der Waals surface area contributed by atoms with Gasteiger partial charge in [-0.25, -0.2) is 9.97 Å². The number of nitrogens with zero attached hydrogens (tertiary/aromatic N) is 3. The lowest BCUT2D eigenvalue weighted by molar-refractivity contribution is -0.125. The van der Waals surface area contributed by atoms with E-state index in [4.69, 9.17) is 23.2 Å². The minimum atomic E-state index is -0.622. The van der Waals surface area contributed by atoms with Crippen LogP contribution in [0.2, 0.25) is 10.0 Å². The molecular formula is C17H10Cl2N4O3. The molecule has 0 aliphatic carbocycles. The van der Waals surface area contributed by atoms with E-state index in [0.29, 0.717) is 26.9 Å². The smallest absolute Gasteiger partial charge is 0.276 e. The third kappa shape index (κ3) is 2.75. The second kappa shape index (κ2) is 6.19. The molecule has 1 aromatic heterocycles. The van der Waals surface area contributed by atoms with Crippen LogP contribution in [-0.2, 0) is 9.59 Å². The molecule has 0 radical (unpaired) electrons. The van der Waals surface area contributed by atoms with Crippen molar-refractivity contribution in [3.05, 3.63) is 58.1 Å². The van der Waals surface area contributed by atoms with E-state index in [1.165, 1.54) is 23.5 Å². The average Bonchev–Trinajstić information content (AvgIpc) is 3.18. The molecule has 2 aliphatic heterocycles. The average molecular weight is 389 g/mol. The molecule has 0 unspecified atom stereocenters. The van der Waals surface area contributed by atoms with Gasteiger partial charge in [0, 0.05) is 23.9 Å². The van der Waals surface area contributed by atoms with Gasteiger partial charge in [-0.2, -0.15) is 0 Å². The lowest BCUT2D eigenvalue weighted by Gasteiger charge is -2.14. The third-order valence-electron chi connectivity index (χ3n) is 4.23. The summed E-state index contributed by atoms with van der Waals surface area (Å²) in [6, 6.07) is 6.54. The van der Waals surface area contributed by atoms with Gasteiger partial charge in [-0.15, -0.1) is 0 Å². The molecule has 2 aliphatic rings. The van der Waals surface area contributed by atoms with Crippen LogP contribution >= 0.6 is 23.2 Å². The van der Waals surface area contributed by atoms with Crippen molar-refractivity contribution in [2.24, 2.45) is 5.92 Å². The second-order valence-electron chi connectivity index (χ2n) is 5.83. The first-order valence-electron chi connectivity index (χ1n) is 7.59. The number of fused-ring (bicyclic) bond motifs is 1. The summed E-state index contributed by atoms with van der Waals surface area (Å²) in [7, 11) is 0. The van der Waals surface area contributed by atoms with Crippen LogP contribution in [-0.4, -0.2) is 39.1 Å². The third-order valence-corrected chi connectivity index (χ3v) is 4.97. The summed E-state index contributed by atoms with van der Waals surface area (Å²) in [5.74, 6) is -1.90. The van der Waals surface area contributed by atoms with Crippen LogP contribution in [0.15, 0.2) is 42.4 Å². The van der Waals surface area contributed by atoms with Gasteiger partial charge in [0.15, 0.2) is 0 Å². The van der Waals surface area contributed by atoms with Crippen LogP contribution in [0.4, 0.5) is 0 Å². The van der Waals surface area contributed by atoms with Gasteiger partial charge in [0.25, 0.3) is 11.8 Å². The van der Waals surface area contributed by atoms with Crippen molar-refractivity contribution in [3.63, 3.8) is 0 Å². The Kier molecular flexibility index (Phi) is 3.97. The SMILES string of the molecule is O=C1NC(=O)[C@@H]2CN(C(=O)c3cc(-c4ccc(Cl)c(Cl)c4)ncn3)C=C12. The molecule has 1 fully saturated rings. The molecule has 130 valence electrons. The molecule has 1 saturated heterocycles. The van der Waals surface area contributed by atoms with Crippen molar-refractivity contribution < 1.29 is 14.4 Å². The summed E-state index contributed by atoms with van der Waals surface area (Å²) in [4.78, 5) is 45.6. The summed E-state index contributed by atoms with van der Waals surface area (Å²) in [6.07, 6.45) is 2.67. The summed E-state index contributed by atoms with van der Waals surface area (Å²) in [5, 5.41) is 3.01. The molecule has 7 nitrogen and oxygen atoms in total. The molecule has 4 rings (SSSR count). The number of carbonyl (C=O) groups is 3. The zero-order valence-corrected chi connectivity index (χ0v) is 14.6. The zero-order valence-electron chi connectivity index (χ0n) is 13.1. The fourth-order valence-corrected chi connectivity index (χ4v) is 3.19. The van der Waals surface area contributed by atoms with Crippen LogP contribution in [0, 0.1) is 5.92 Å². The highest BCUT2D eigenvalue weighted by Gasteiger charge is 2.43. The number of aromatic nitrogens is 2. The van der Waals surface area contributed by atoms with Crippen molar-refractivity contribution in [2.45, 2.75) is 0 Å². The van der Waals surface area contributed by atoms with Crippen molar-refractivity contribution in [1.29, 1.82) is 0 Å². The van der Waals surface area contributed by atoms with Crippen LogP contribution in [0.5, 0.6) is 0 Å². The summed E-state index contributed by atoms with van der Waals surface area (Å²) in [6.45, 7) is 0.109. The minimum absolute atomic E-state index is 0.109. The maximum Gasteiger partial charge on any atom is 0.276 e. The Balaban J connectivity index is 1.63. The van der Waals surface area contributed by atoms with E-state index >= 15 is 0 Å². The van der Waals surface area contributed by atoms with Gasteiger partial charge in [-0.1, -0.05) is 29.3 Å². The van der Waals surface area contributed by atoms with Crippen LogP contribution in [0.3, 0.4) is 0 Å². The molecule has 26 heavy (non-hydrogen) atoms. The number of amides is 3. The molecule has 1 N–H and O–H groups in total. The molecule has 0 saturated carbocycles. The molecule has 9 heteroatoms. The number of hydrogen-bond donors (Lipinski definition) is 1. The Morgan fingerprint density at radius 2 is 1.96 bits per heavy atom. The van der Waals surface area contributed by atoms with Gasteiger partial charge >= 0.3 is 0 Å². The monoisotopic (exact) mass is 388 g/mol. The second-order valence-corrected chi connectivity index (χ2v) is 6.64. The fraction of sp³-hybridized carbons (Fsp3) is 0.118. The number of hydrogen-bond acceptors (Lipinski definition) is 5. The summed E-state index contributed by atoms with van der Waals surface area (Å²) in [5.41, 5.74) is 1.62. The zero-order chi connectivity index (χ0) is 18.4. The van der Waals surface area contributed by atoms with E-state index < -0.39 is 23.6 Å². The molecule has 3 heterocycles. The van der Waals surface area contributed by atoms with E-state index in [-0.39, 0.29) is 12.2 Å². The highest BCUT2D eigenvalue weighted by atomic mass is 35.5. The molecule has 2 aromatic rings. The van der Waals surface area contributed by atoms with Crippen molar-refractivity contribution in [1.82, 2.24) is 20.2 Å². The van der Waals surface area contributed by atoms with E-state index in [0.717, 1.165) is 0 Å². The predicted molar refractivity (Wildman–Crippen MR) is 93.2 cm³/mol. The van der Waals surface area contributed by atoms with Gasteiger partial charge in [-0.05, 0) is 18.2 Å². The fourth-order valence-electron chi connectivity index (χ4n) is 2.89. The maximum absolute atomic E-state index is 12.7. The summed E-state index contributed by atoms with van der Waals surface area (Å²) < 4.78 is 0. The Morgan fingerprint density at radius 1 is 1.15 bits per heavy atom. The first kappa shape index (κ1) is 16.7. The van der Waals surface area contributed by atoms with E-state index in [2.05, 4.69) is 15.3 Å². The molecule has 1 aromatic carbocycles. The van der Waals surface area contributed by atoms with Crippen molar-refractivity contribution in [3.8, 4) is 11.3 Å². The van der Waals surface area contributed by atoms with Gasteiger partial charge < -0.3 is 4.90 Å². The minimum Gasteiger partial charge on any atom is -0.312 e. The Bertz CT molecular complexity index is 1010. The standard InChI is InChI=1S/C17H10Cl2N4O3/c18-11-2-1-8(3-12(11)19)13-4-14(21-7-20-13)17(26)23-5-9-10(6-23)16(25)22-15(9)24/h1-5,7,10H,6H2,(H,22,24,25)/t10-/m1/s1. The number of imide groups is 1. The van der Waals surface area contributed by atoms with Gasteiger partial charge in [-0.3, -0.25) is 19.7 Å². The van der Waals surface area contributed by atoms with E-state index in [1.54, 1.807) is 18.2 Å². The molecular weight excluding hydrogens is 379 g/mol. The Hall–Kier alpha value is -2.77.